The van der Waals surface area contributed by atoms with Crippen molar-refractivity contribution >= 4 is 23.6 Å². The molecule has 1 aromatic rings. The standard InChI is InChI=1S/C16H18N2O4S/c1-11-7-18(8-14(22-11)16(20)21)15(19)10-23-9-13-4-2-12(6-17)3-5-13/h2-5,11,14H,7-10H2,1H3,(H,20,21)/t11-,14?/m1/s1. The fourth-order valence-corrected chi connectivity index (χ4v) is 3.20. The molecule has 0 bridgehead atoms. The Bertz CT molecular complexity index is 612. The highest BCUT2D eigenvalue weighted by molar-refractivity contribution is 7.99. The molecule has 6 nitrogen and oxygen atoms in total. The number of hydrogen-bond acceptors (Lipinski definition) is 5. The Balaban J connectivity index is 1.81. The van der Waals surface area contributed by atoms with Gasteiger partial charge in [-0.05, 0) is 24.6 Å². The van der Waals surface area contributed by atoms with Crippen LogP contribution in [0.1, 0.15) is 18.1 Å². The number of carboxylic acid groups (broad SMARTS) is 1. The molecule has 1 N–H and O–H groups in total. The highest BCUT2D eigenvalue weighted by Crippen LogP contribution is 2.16. The van der Waals surface area contributed by atoms with Gasteiger partial charge in [0.2, 0.25) is 5.91 Å². The average Bonchev–Trinajstić information content (AvgIpc) is 2.54. The van der Waals surface area contributed by atoms with E-state index >= 15 is 0 Å². The number of carbonyl (C=O) groups excluding carboxylic acids is 1. The molecule has 1 amide bonds. The molecule has 122 valence electrons. The SMILES string of the molecule is C[C@@H]1CN(C(=O)CSCc2ccc(C#N)cc2)CC(C(=O)O)O1. The molecule has 23 heavy (non-hydrogen) atoms. The van der Waals surface area contributed by atoms with Gasteiger partial charge in [0.05, 0.1) is 30.0 Å². The topological polar surface area (TPSA) is 90.6 Å². The lowest BCUT2D eigenvalue weighted by Gasteiger charge is -2.34. The van der Waals surface area contributed by atoms with Crippen LogP contribution < -0.4 is 0 Å². The lowest BCUT2D eigenvalue weighted by molar-refractivity contribution is -0.165. The molecule has 1 aliphatic rings. The zero-order valence-electron chi connectivity index (χ0n) is 12.8. The summed E-state index contributed by atoms with van der Waals surface area (Å²) in [5.74, 6) is -0.164. The molecule has 2 rings (SSSR count). The first-order valence-electron chi connectivity index (χ1n) is 7.22. The quantitative estimate of drug-likeness (QED) is 0.877. The van der Waals surface area contributed by atoms with E-state index in [2.05, 4.69) is 6.07 Å². The van der Waals surface area contributed by atoms with Crippen LogP contribution in [0.15, 0.2) is 24.3 Å². The Labute approximate surface area is 139 Å². The summed E-state index contributed by atoms with van der Waals surface area (Å²) in [7, 11) is 0. The summed E-state index contributed by atoms with van der Waals surface area (Å²) < 4.78 is 5.30. The molecule has 1 aliphatic heterocycles. The minimum absolute atomic E-state index is 0.0787. The molecule has 1 aromatic carbocycles. The number of ether oxygens (including phenoxy) is 1. The number of rotatable bonds is 5. The molecule has 1 fully saturated rings. The van der Waals surface area contributed by atoms with Gasteiger partial charge in [0.1, 0.15) is 0 Å². The van der Waals surface area contributed by atoms with Crippen LogP contribution in [0.2, 0.25) is 0 Å². The molecule has 7 heteroatoms. The Morgan fingerprint density at radius 1 is 1.39 bits per heavy atom. The van der Waals surface area contributed by atoms with Crippen molar-refractivity contribution in [2.24, 2.45) is 0 Å². The first-order valence-corrected chi connectivity index (χ1v) is 8.38. The van der Waals surface area contributed by atoms with Crippen molar-refractivity contribution in [2.75, 3.05) is 18.8 Å². The van der Waals surface area contributed by atoms with Crippen LogP contribution in [0.5, 0.6) is 0 Å². The number of thioether (sulfide) groups is 1. The Morgan fingerprint density at radius 3 is 2.70 bits per heavy atom. The summed E-state index contributed by atoms with van der Waals surface area (Å²) in [6.07, 6.45) is -1.23. The number of benzene rings is 1. The zero-order valence-corrected chi connectivity index (χ0v) is 13.6. The number of nitrogens with zero attached hydrogens (tertiary/aromatic N) is 2. The maximum absolute atomic E-state index is 12.2. The molecule has 1 unspecified atom stereocenters. The van der Waals surface area contributed by atoms with Gasteiger partial charge in [-0.2, -0.15) is 5.26 Å². The molecule has 0 aliphatic carbocycles. The lowest BCUT2D eigenvalue weighted by Crippen LogP contribution is -2.52. The van der Waals surface area contributed by atoms with E-state index in [1.54, 1.807) is 24.0 Å². The molecule has 1 heterocycles. The molecule has 0 saturated carbocycles. The number of aliphatic carboxylic acids is 1. The number of amides is 1. The molecular formula is C16H18N2O4S. The van der Waals surface area contributed by atoms with Crippen LogP contribution in [0.3, 0.4) is 0 Å². The van der Waals surface area contributed by atoms with Crippen molar-refractivity contribution in [3.63, 3.8) is 0 Å². The van der Waals surface area contributed by atoms with Gasteiger partial charge in [-0.15, -0.1) is 11.8 Å². The summed E-state index contributed by atoms with van der Waals surface area (Å²) in [4.78, 5) is 24.8. The van der Waals surface area contributed by atoms with E-state index in [9.17, 15) is 9.59 Å². The number of carboxylic acids is 1. The van der Waals surface area contributed by atoms with Crippen LogP contribution >= 0.6 is 11.8 Å². The Kier molecular flexibility index (Phi) is 6.02. The summed E-state index contributed by atoms with van der Waals surface area (Å²) in [5, 5.41) is 17.8. The number of morpholine rings is 1. The van der Waals surface area contributed by atoms with E-state index in [4.69, 9.17) is 15.1 Å². The van der Waals surface area contributed by atoms with Crippen LogP contribution in [-0.2, 0) is 20.1 Å². The van der Waals surface area contributed by atoms with Crippen molar-refractivity contribution in [3.05, 3.63) is 35.4 Å². The predicted molar refractivity (Wildman–Crippen MR) is 85.9 cm³/mol. The maximum atomic E-state index is 12.2. The second kappa shape index (κ2) is 7.99. The van der Waals surface area contributed by atoms with Gasteiger partial charge in [-0.25, -0.2) is 4.79 Å². The molecule has 0 spiro atoms. The summed E-state index contributed by atoms with van der Waals surface area (Å²) in [5.41, 5.74) is 1.65. The first-order chi connectivity index (χ1) is 11.0. The maximum Gasteiger partial charge on any atom is 0.334 e. The lowest BCUT2D eigenvalue weighted by atomic mass is 10.2. The van der Waals surface area contributed by atoms with E-state index in [1.807, 2.05) is 12.1 Å². The summed E-state index contributed by atoms with van der Waals surface area (Å²) in [6, 6.07) is 9.30. The molecular weight excluding hydrogens is 316 g/mol. The second-order valence-corrected chi connectivity index (χ2v) is 6.36. The van der Waals surface area contributed by atoms with E-state index in [-0.39, 0.29) is 18.6 Å². The van der Waals surface area contributed by atoms with E-state index in [0.29, 0.717) is 23.6 Å². The minimum atomic E-state index is -1.04. The molecule has 2 atom stereocenters. The molecule has 0 aromatic heterocycles. The van der Waals surface area contributed by atoms with Crippen LogP contribution in [0.25, 0.3) is 0 Å². The third-order valence-corrected chi connectivity index (χ3v) is 4.45. The third kappa shape index (κ3) is 4.98. The minimum Gasteiger partial charge on any atom is -0.479 e. The van der Waals surface area contributed by atoms with Crippen molar-refractivity contribution < 1.29 is 19.4 Å². The van der Waals surface area contributed by atoms with Crippen molar-refractivity contribution in [1.29, 1.82) is 5.26 Å². The predicted octanol–water partition coefficient (Wildman–Crippen LogP) is 1.49. The van der Waals surface area contributed by atoms with E-state index in [1.165, 1.54) is 11.8 Å². The van der Waals surface area contributed by atoms with Crippen LogP contribution in [0.4, 0.5) is 0 Å². The van der Waals surface area contributed by atoms with Crippen molar-refractivity contribution in [3.8, 4) is 6.07 Å². The first kappa shape index (κ1) is 17.3. The number of carbonyl (C=O) groups is 2. The van der Waals surface area contributed by atoms with E-state index in [0.717, 1.165) is 5.56 Å². The third-order valence-electron chi connectivity index (χ3n) is 3.47. The van der Waals surface area contributed by atoms with Gasteiger partial charge in [0.25, 0.3) is 0 Å². The highest BCUT2D eigenvalue weighted by atomic mass is 32.2. The largest absolute Gasteiger partial charge is 0.479 e. The van der Waals surface area contributed by atoms with Crippen LogP contribution in [-0.4, -0.2) is 52.9 Å². The van der Waals surface area contributed by atoms with Gasteiger partial charge < -0.3 is 14.7 Å². The highest BCUT2D eigenvalue weighted by Gasteiger charge is 2.32. The fourth-order valence-electron chi connectivity index (χ4n) is 2.31. The average molecular weight is 334 g/mol. The van der Waals surface area contributed by atoms with Gasteiger partial charge in [0.15, 0.2) is 6.10 Å². The van der Waals surface area contributed by atoms with Gasteiger partial charge in [-0.3, -0.25) is 4.79 Å². The second-order valence-electron chi connectivity index (χ2n) is 5.37. The van der Waals surface area contributed by atoms with Crippen molar-refractivity contribution in [1.82, 2.24) is 4.90 Å². The normalized spacial score (nSPS) is 20.8. The van der Waals surface area contributed by atoms with Gasteiger partial charge in [0, 0.05) is 12.3 Å². The van der Waals surface area contributed by atoms with Crippen LogP contribution in [0, 0.1) is 11.3 Å². The summed E-state index contributed by atoms with van der Waals surface area (Å²) >= 11 is 1.47. The molecule has 1 saturated heterocycles. The smallest absolute Gasteiger partial charge is 0.334 e. The molecule has 0 radical (unpaired) electrons. The Hall–Kier alpha value is -2.04. The van der Waals surface area contributed by atoms with E-state index < -0.39 is 12.1 Å². The Morgan fingerprint density at radius 2 is 2.09 bits per heavy atom. The zero-order chi connectivity index (χ0) is 16.8. The number of nitriles is 1. The number of hydrogen-bond donors (Lipinski definition) is 1. The van der Waals surface area contributed by atoms with Crippen molar-refractivity contribution in [2.45, 2.75) is 24.9 Å². The monoisotopic (exact) mass is 334 g/mol. The van der Waals surface area contributed by atoms with Gasteiger partial charge >= 0.3 is 5.97 Å². The van der Waals surface area contributed by atoms with Gasteiger partial charge in [-0.1, -0.05) is 12.1 Å². The fraction of sp³-hybridized carbons (Fsp3) is 0.438. The summed E-state index contributed by atoms with van der Waals surface area (Å²) in [6.45, 7) is 2.27.